The molecule has 2 aliphatic rings. The number of anilines is 2. The fraction of sp³-hybridized carbons (Fsp3) is 0.333. The minimum Gasteiger partial charge on any atom is -0.353 e. The Morgan fingerprint density at radius 2 is 1.96 bits per heavy atom. The predicted octanol–water partition coefficient (Wildman–Crippen LogP) is 3.64. The summed E-state index contributed by atoms with van der Waals surface area (Å²) in [5.74, 6) is 1.10. The second-order valence-electron chi connectivity index (χ2n) is 6.01. The first kappa shape index (κ1) is 17.6. The molecule has 4 nitrogen and oxygen atoms in total. The van der Waals surface area contributed by atoms with E-state index >= 15 is 0 Å². The summed E-state index contributed by atoms with van der Waals surface area (Å²) >= 11 is 1.80. The molecule has 4 rings (SSSR count). The molecule has 1 fully saturated rings. The van der Waals surface area contributed by atoms with Gasteiger partial charge in [0.25, 0.3) is 0 Å². The fourth-order valence-corrected chi connectivity index (χ4v) is 4.09. The molecule has 2 aliphatic heterocycles. The number of thiophene rings is 1. The van der Waals surface area contributed by atoms with Crippen molar-refractivity contribution < 1.29 is 18.6 Å². The van der Waals surface area contributed by atoms with Crippen molar-refractivity contribution in [2.24, 2.45) is 4.99 Å². The first-order valence-electron chi connectivity index (χ1n) is 8.06. The summed E-state index contributed by atoms with van der Waals surface area (Å²) in [4.78, 5) is 11.1. The quantitative estimate of drug-likeness (QED) is 0.771. The van der Waals surface area contributed by atoms with Gasteiger partial charge < -0.3 is 22.0 Å². The molecule has 24 heavy (non-hydrogen) atoms. The molecule has 1 aromatic heterocycles. The minimum atomic E-state index is 0. The van der Waals surface area contributed by atoms with Gasteiger partial charge >= 0.3 is 0 Å². The van der Waals surface area contributed by atoms with E-state index in [-0.39, 0.29) is 18.6 Å². The molecule has 0 unspecified atom stereocenters. The van der Waals surface area contributed by atoms with Crippen LogP contribution in [-0.4, -0.2) is 48.4 Å². The molecule has 3 heterocycles. The van der Waals surface area contributed by atoms with Crippen molar-refractivity contribution in [3.8, 4) is 0 Å². The minimum absolute atomic E-state index is 0. The standard InChI is InChI=1S/C18H21N4S.V/c1-3-21-8-10-22(11-9-21)17-14-12-13(2)23-18(14)20-16-7-5-4-6-15(16)19-17;/h4-7,12,20H,1,3,8-11H2,2H3;/q-1;. The third-order valence-electron chi connectivity index (χ3n) is 4.46. The van der Waals surface area contributed by atoms with E-state index in [4.69, 9.17) is 4.99 Å². The van der Waals surface area contributed by atoms with Crippen LogP contribution in [0.1, 0.15) is 10.4 Å². The molecule has 1 saturated heterocycles. The van der Waals surface area contributed by atoms with Gasteiger partial charge in [0.2, 0.25) is 0 Å². The van der Waals surface area contributed by atoms with E-state index in [1.807, 2.05) is 6.07 Å². The summed E-state index contributed by atoms with van der Waals surface area (Å²) < 4.78 is 0. The van der Waals surface area contributed by atoms with E-state index < -0.39 is 0 Å². The summed E-state index contributed by atoms with van der Waals surface area (Å²) in [6.07, 6.45) is 0. The van der Waals surface area contributed by atoms with Gasteiger partial charge in [0.1, 0.15) is 10.8 Å². The van der Waals surface area contributed by atoms with E-state index in [0.29, 0.717) is 0 Å². The molecule has 125 valence electrons. The second-order valence-corrected chi connectivity index (χ2v) is 7.26. The number of nitrogens with zero attached hydrogens (tertiary/aromatic N) is 3. The van der Waals surface area contributed by atoms with Gasteiger partial charge in [-0.25, -0.2) is 4.99 Å². The number of benzene rings is 1. The number of piperazine rings is 1. The molecule has 0 saturated carbocycles. The Kier molecular flexibility index (Phi) is 5.35. The maximum atomic E-state index is 5.02. The van der Waals surface area contributed by atoms with E-state index in [1.165, 1.54) is 15.4 Å². The fourth-order valence-electron chi connectivity index (χ4n) is 3.17. The summed E-state index contributed by atoms with van der Waals surface area (Å²) in [6, 6.07) is 10.5. The van der Waals surface area contributed by atoms with Crippen molar-refractivity contribution in [1.29, 1.82) is 0 Å². The normalized spacial score (nSPS) is 17.1. The van der Waals surface area contributed by atoms with Crippen LogP contribution in [-0.2, 0) is 18.6 Å². The van der Waals surface area contributed by atoms with Crippen LogP contribution in [0.25, 0.3) is 0 Å². The Bertz CT molecular complexity index is 747. The Labute approximate surface area is 159 Å². The van der Waals surface area contributed by atoms with E-state index in [2.05, 4.69) is 53.2 Å². The van der Waals surface area contributed by atoms with Gasteiger partial charge in [-0.3, -0.25) is 0 Å². The average molecular weight is 376 g/mol. The Hall–Kier alpha value is -1.27. The van der Waals surface area contributed by atoms with Gasteiger partial charge in [-0.05, 0) is 25.1 Å². The maximum absolute atomic E-state index is 5.02. The van der Waals surface area contributed by atoms with Crippen LogP contribution in [0.15, 0.2) is 35.3 Å². The molecule has 1 N–H and O–H groups in total. The molecule has 0 atom stereocenters. The summed E-state index contributed by atoms with van der Waals surface area (Å²) in [5, 5.41) is 4.77. The molecular formula is C18H21N4SV-. The van der Waals surface area contributed by atoms with Crippen LogP contribution in [0, 0.1) is 13.8 Å². The molecule has 0 amide bonds. The summed E-state index contributed by atoms with van der Waals surface area (Å²) in [6.45, 7) is 11.2. The third-order valence-corrected chi connectivity index (χ3v) is 5.43. The van der Waals surface area contributed by atoms with E-state index in [1.54, 1.807) is 11.3 Å². The molecule has 6 heteroatoms. The van der Waals surface area contributed by atoms with Crippen LogP contribution in [0.4, 0.5) is 16.4 Å². The zero-order valence-corrected chi connectivity index (χ0v) is 16.0. The zero-order valence-electron chi connectivity index (χ0n) is 13.8. The Morgan fingerprint density at radius 3 is 2.71 bits per heavy atom. The van der Waals surface area contributed by atoms with Crippen molar-refractivity contribution in [1.82, 2.24) is 9.80 Å². The van der Waals surface area contributed by atoms with Gasteiger partial charge in [-0.1, -0.05) is 12.1 Å². The zero-order chi connectivity index (χ0) is 15.8. The van der Waals surface area contributed by atoms with E-state index in [9.17, 15) is 0 Å². The Balaban J connectivity index is 0.00000169. The molecule has 2 aromatic rings. The number of fused-ring (bicyclic) bond motifs is 2. The molecule has 0 bridgehead atoms. The number of para-hydroxylation sites is 2. The summed E-state index contributed by atoms with van der Waals surface area (Å²) in [5.41, 5.74) is 3.33. The smallest absolute Gasteiger partial charge is 0.139 e. The third kappa shape index (κ3) is 3.26. The molecule has 1 radical (unpaired) electrons. The van der Waals surface area contributed by atoms with Crippen LogP contribution >= 0.6 is 11.3 Å². The number of aliphatic imine (C=N–C) groups is 1. The first-order chi connectivity index (χ1) is 11.2. The second kappa shape index (κ2) is 7.32. The first-order valence-corrected chi connectivity index (χ1v) is 8.88. The SMILES string of the molecule is [CH2-]CN1CCN(C2=Nc3ccccc3Nc3sc(C)cc32)CC1.[V]. The number of nitrogens with one attached hydrogen (secondary N) is 1. The van der Waals surface area contributed by atoms with Gasteiger partial charge in [0, 0.05) is 49.6 Å². The maximum Gasteiger partial charge on any atom is 0.139 e. The van der Waals surface area contributed by atoms with Crippen molar-refractivity contribution in [3.05, 3.63) is 47.7 Å². The number of hydrogen-bond donors (Lipinski definition) is 1. The number of amidine groups is 1. The van der Waals surface area contributed by atoms with Crippen molar-refractivity contribution in [2.75, 3.05) is 38.0 Å². The van der Waals surface area contributed by atoms with Gasteiger partial charge in [-0.2, -0.15) is 0 Å². The number of hydrogen-bond acceptors (Lipinski definition) is 5. The molecular weight excluding hydrogens is 355 g/mol. The van der Waals surface area contributed by atoms with E-state index in [0.717, 1.165) is 49.9 Å². The average Bonchev–Trinajstić information content (AvgIpc) is 2.87. The topological polar surface area (TPSA) is 30.9 Å². The van der Waals surface area contributed by atoms with Crippen LogP contribution in [0.2, 0.25) is 0 Å². The van der Waals surface area contributed by atoms with Gasteiger partial charge in [0.05, 0.1) is 16.9 Å². The largest absolute Gasteiger partial charge is 0.353 e. The monoisotopic (exact) mass is 376 g/mol. The predicted molar refractivity (Wildman–Crippen MR) is 98.3 cm³/mol. The summed E-state index contributed by atoms with van der Waals surface area (Å²) in [7, 11) is 0. The van der Waals surface area contributed by atoms with Crippen molar-refractivity contribution in [2.45, 2.75) is 6.92 Å². The number of rotatable bonds is 1. The van der Waals surface area contributed by atoms with Crippen molar-refractivity contribution >= 4 is 33.5 Å². The Morgan fingerprint density at radius 1 is 1.21 bits per heavy atom. The molecule has 0 aliphatic carbocycles. The number of aryl methyl sites for hydroxylation is 1. The molecule has 1 aromatic carbocycles. The van der Waals surface area contributed by atoms with Crippen molar-refractivity contribution in [3.63, 3.8) is 0 Å². The molecule has 0 spiro atoms. The van der Waals surface area contributed by atoms with Crippen LogP contribution < -0.4 is 5.32 Å². The van der Waals surface area contributed by atoms with Gasteiger partial charge in [-0.15, -0.1) is 17.9 Å². The van der Waals surface area contributed by atoms with Crippen LogP contribution in [0.3, 0.4) is 0 Å². The van der Waals surface area contributed by atoms with Crippen LogP contribution in [0.5, 0.6) is 0 Å². The van der Waals surface area contributed by atoms with Gasteiger partial charge in [0.15, 0.2) is 0 Å².